The number of aromatic nitrogens is 1. The molecule has 1 aliphatic heterocycles. The highest BCUT2D eigenvalue weighted by molar-refractivity contribution is 7.98. The summed E-state index contributed by atoms with van der Waals surface area (Å²) in [5.41, 5.74) is 6.73. The number of nitrogens with zero attached hydrogens (tertiary/aromatic N) is 2. The average molecular weight is 271 g/mol. The number of hydrogen-bond acceptors (Lipinski definition) is 5. The second-order valence-corrected chi connectivity index (χ2v) is 6.75. The quantitative estimate of drug-likeness (QED) is 0.836. The number of nitrogens with two attached hydrogens (primary N) is 1. The number of thiazole rings is 1. The zero-order valence-electron chi connectivity index (χ0n) is 10.4. The molecule has 1 aromatic rings. The Kier molecular flexibility index (Phi) is 5.13. The number of nitrogen functional groups attached to an aromatic ring is 1. The lowest BCUT2D eigenvalue weighted by Crippen LogP contribution is -2.34. The van der Waals surface area contributed by atoms with Gasteiger partial charge in [0.15, 0.2) is 5.13 Å². The van der Waals surface area contributed by atoms with Gasteiger partial charge < -0.3 is 10.6 Å². The van der Waals surface area contributed by atoms with Gasteiger partial charge in [0, 0.05) is 23.4 Å². The molecule has 0 bridgehead atoms. The van der Waals surface area contributed by atoms with Crippen molar-refractivity contribution in [3.63, 3.8) is 0 Å². The van der Waals surface area contributed by atoms with Gasteiger partial charge in [-0.15, -0.1) is 11.3 Å². The van der Waals surface area contributed by atoms with E-state index in [2.05, 4.69) is 22.2 Å². The molecule has 2 heterocycles. The van der Waals surface area contributed by atoms with Crippen LogP contribution in [-0.2, 0) is 5.75 Å². The van der Waals surface area contributed by atoms with Crippen molar-refractivity contribution in [1.82, 2.24) is 9.88 Å². The summed E-state index contributed by atoms with van der Waals surface area (Å²) in [6, 6.07) is 0. The first kappa shape index (κ1) is 13.2. The second-order valence-electron chi connectivity index (χ2n) is 4.75. The number of thioether (sulfide) groups is 1. The fraction of sp³-hybridized carbons (Fsp3) is 0.750. The van der Waals surface area contributed by atoms with E-state index >= 15 is 0 Å². The van der Waals surface area contributed by atoms with Crippen LogP contribution >= 0.6 is 23.1 Å². The smallest absolute Gasteiger partial charge is 0.180 e. The van der Waals surface area contributed by atoms with E-state index in [0.717, 1.165) is 17.4 Å². The highest BCUT2D eigenvalue weighted by atomic mass is 32.2. The van der Waals surface area contributed by atoms with E-state index in [9.17, 15) is 0 Å². The molecule has 2 N–H and O–H groups in total. The molecule has 1 aliphatic rings. The van der Waals surface area contributed by atoms with Crippen LogP contribution in [0, 0.1) is 5.92 Å². The molecular weight excluding hydrogens is 250 g/mol. The second kappa shape index (κ2) is 6.61. The molecule has 96 valence electrons. The standard InChI is InChI=1S/C12H21N3S2/c1-10-2-4-15(5-3-10)6-7-16-8-11-9-17-12(13)14-11/h9-10H,2-8H2,1H3,(H2,13,14). The largest absolute Gasteiger partial charge is 0.375 e. The molecule has 0 saturated carbocycles. The lowest BCUT2D eigenvalue weighted by atomic mass is 9.99. The van der Waals surface area contributed by atoms with E-state index in [1.165, 1.54) is 49.6 Å². The van der Waals surface area contributed by atoms with Crippen molar-refractivity contribution in [2.45, 2.75) is 25.5 Å². The van der Waals surface area contributed by atoms with Gasteiger partial charge in [-0.25, -0.2) is 4.98 Å². The van der Waals surface area contributed by atoms with Crippen molar-refractivity contribution in [3.8, 4) is 0 Å². The van der Waals surface area contributed by atoms with Gasteiger partial charge in [0.25, 0.3) is 0 Å². The highest BCUT2D eigenvalue weighted by Crippen LogP contribution is 2.19. The third-order valence-corrected chi connectivity index (χ3v) is 4.94. The molecular formula is C12H21N3S2. The number of likely N-dealkylation sites (tertiary alicyclic amines) is 1. The van der Waals surface area contributed by atoms with Gasteiger partial charge in [0.05, 0.1) is 5.69 Å². The molecule has 0 unspecified atom stereocenters. The Morgan fingerprint density at radius 2 is 2.29 bits per heavy atom. The van der Waals surface area contributed by atoms with Crippen LogP contribution in [0.15, 0.2) is 5.38 Å². The van der Waals surface area contributed by atoms with Crippen LogP contribution in [0.2, 0.25) is 0 Å². The van der Waals surface area contributed by atoms with Crippen LogP contribution in [0.4, 0.5) is 5.13 Å². The topological polar surface area (TPSA) is 42.1 Å². The SMILES string of the molecule is CC1CCN(CCSCc2csc(N)n2)CC1. The molecule has 0 atom stereocenters. The molecule has 1 aromatic heterocycles. The summed E-state index contributed by atoms with van der Waals surface area (Å²) < 4.78 is 0. The first-order valence-corrected chi connectivity index (χ1v) is 8.27. The minimum atomic E-state index is 0.686. The lowest BCUT2D eigenvalue weighted by Gasteiger charge is -2.29. The zero-order valence-corrected chi connectivity index (χ0v) is 12.0. The summed E-state index contributed by atoms with van der Waals surface area (Å²) >= 11 is 3.49. The fourth-order valence-corrected chi connectivity index (χ4v) is 3.60. The van der Waals surface area contributed by atoms with Gasteiger partial charge in [0.2, 0.25) is 0 Å². The number of piperidine rings is 1. The van der Waals surface area contributed by atoms with Gasteiger partial charge in [-0.05, 0) is 31.8 Å². The van der Waals surface area contributed by atoms with Crippen LogP contribution in [-0.4, -0.2) is 35.3 Å². The molecule has 0 aliphatic carbocycles. The zero-order chi connectivity index (χ0) is 12.1. The van der Waals surface area contributed by atoms with E-state index in [1.807, 2.05) is 11.8 Å². The molecule has 1 saturated heterocycles. The molecule has 17 heavy (non-hydrogen) atoms. The predicted molar refractivity (Wildman–Crippen MR) is 77.5 cm³/mol. The van der Waals surface area contributed by atoms with Crippen molar-refractivity contribution >= 4 is 28.2 Å². The number of rotatable bonds is 5. The van der Waals surface area contributed by atoms with Gasteiger partial charge in [-0.2, -0.15) is 11.8 Å². The summed E-state index contributed by atoms with van der Waals surface area (Å²) in [5, 5.41) is 2.75. The first-order chi connectivity index (χ1) is 8.24. The van der Waals surface area contributed by atoms with Crippen LogP contribution in [0.3, 0.4) is 0 Å². The monoisotopic (exact) mass is 271 g/mol. The van der Waals surface area contributed by atoms with Crippen LogP contribution < -0.4 is 5.73 Å². The predicted octanol–water partition coefficient (Wildman–Crippen LogP) is 2.69. The van der Waals surface area contributed by atoms with Crippen molar-refractivity contribution in [2.24, 2.45) is 5.92 Å². The Hall–Kier alpha value is -0.260. The maximum atomic E-state index is 5.60. The maximum absolute atomic E-state index is 5.60. The van der Waals surface area contributed by atoms with Crippen molar-refractivity contribution in [1.29, 1.82) is 0 Å². The molecule has 0 amide bonds. The first-order valence-electron chi connectivity index (χ1n) is 6.24. The molecule has 1 fully saturated rings. The summed E-state index contributed by atoms with van der Waals surface area (Å²) in [4.78, 5) is 6.85. The van der Waals surface area contributed by atoms with E-state index < -0.39 is 0 Å². The van der Waals surface area contributed by atoms with Gasteiger partial charge >= 0.3 is 0 Å². The molecule has 2 rings (SSSR count). The molecule has 0 aromatic carbocycles. The van der Waals surface area contributed by atoms with E-state index in [1.54, 1.807) is 0 Å². The Morgan fingerprint density at radius 3 is 2.94 bits per heavy atom. The Morgan fingerprint density at radius 1 is 1.53 bits per heavy atom. The van der Waals surface area contributed by atoms with Crippen molar-refractivity contribution in [2.75, 3.05) is 31.1 Å². The van der Waals surface area contributed by atoms with E-state index in [4.69, 9.17) is 5.73 Å². The van der Waals surface area contributed by atoms with Crippen molar-refractivity contribution < 1.29 is 0 Å². The van der Waals surface area contributed by atoms with E-state index in [0.29, 0.717) is 5.13 Å². The van der Waals surface area contributed by atoms with Crippen LogP contribution in [0.5, 0.6) is 0 Å². The third-order valence-electron chi connectivity index (χ3n) is 3.25. The summed E-state index contributed by atoms with van der Waals surface area (Å²) in [7, 11) is 0. The van der Waals surface area contributed by atoms with Gasteiger partial charge in [0.1, 0.15) is 0 Å². The maximum Gasteiger partial charge on any atom is 0.180 e. The van der Waals surface area contributed by atoms with Crippen molar-refractivity contribution in [3.05, 3.63) is 11.1 Å². The molecule has 5 heteroatoms. The Balaban J connectivity index is 1.57. The number of hydrogen-bond donors (Lipinski definition) is 1. The third kappa shape index (κ3) is 4.48. The summed E-state index contributed by atoms with van der Waals surface area (Å²) in [5.74, 6) is 3.13. The molecule has 0 spiro atoms. The van der Waals surface area contributed by atoms with Crippen LogP contribution in [0.25, 0.3) is 0 Å². The normalized spacial score (nSPS) is 18.6. The fourth-order valence-electron chi connectivity index (χ4n) is 2.04. The summed E-state index contributed by atoms with van der Waals surface area (Å²) in [6.45, 7) is 6.15. The molecule has 3 nitrogen and oxygen atoms in total. The van der Waals surface area contributed by atoms with Gasteiger partial charge in [-0.1, -0.05) is 6.92 Å². The van der Waals surface area contributed by atoms with Gasteiger partial charge in [-0.3, -0.25) is 0 Å². The number of anilines is 1. The van der Waals surface area contributed by atoms with Crippen LogP contribution in [0.1, 0.15) is 25.5 Å². The summed E-state index contributed by atoms with van der Waals surface area (Å²) in [6.07, 6.45) is 2.74. The Bertz CT molecular complexity index is 332. The minimum absolute atomic E-state index is 0.686. The highest BCUT2D eigenvalue weighted by Gasteiger charge is 2.14. The minimum Gasteiger partial charge on any atom is -0.375 e. The average Bonchev–Trinajstić information content (AvgIpc) is 2.73. The lowest BCUT2D eigenvalue weighted by molar-refractivity contribution is 0.203. The molecule has 0 radical (unpaired) electrons. The van der Waals surface area contributed by atoms with E-state index in [-0.39, 0.29) is 0 Å². The Labute approximate surface area is 112 Å².